The number of nitrogens with two attached hydrogens (primary N) is 2. The highest BCUT2D eigenvalue weighted by Gasteiger charge is 2.16. The second-order valence-electron chi connectivity index (χ2n) is 5.62. The predicted molar refractivity (Wildman–Crippen MR) is 97.7 cm³/mol. The van der Waals surface area contributed by atoms with Gasteiger partial charge in [0.1, 0.15) is 0 Å². The molecule has 0 aliphatic heterocycles. The zero-order valence-electron chi connectivity index (χ0n) is 13.9. The number of carbonyl (C=O) groups is 3. The normalized spacial score (nSPS) is 10.4. The number of rotatable bonds is 5. The Balaban J connectivity index is 1.94. The number of nitrogens with zero attached hydrogens (tertiary/aromatic N) is 2. The molecule has 1 aromatic heterocycles. The van der Waals surface area contributed by atoms with Crippen molar-refractivity contribution in [2.24, 2.45) is 11.5 Å². The minimum Gasteiger partial charge on any atom is -0.478 e. The molecule has 0 unspecified atom stereocenters. The number of carbonyl (C=O) groups excluding carboxylic acids is 2. The van der Waals surface area contributed by atoms with Crippen LogP contribution in [0.5, 0.6) is 0 Å². The van der Waals surface area contributed by atoms with Crippen LogP contribution in [0.4, 0.5) is 10.5 Å². The number of carboxylic acid groups (broad SMARTS) is 1. The van der Waals surface area contributed by atoms with Gasteiger partial charge < -0.3 is 21.9 Å². The van der Waals surface area contributed by atoms with E-state index < -0.39 is 17.9 Å². The Morgan fingerprint density at radius 3 is 2.30 bits per heavy atom. The summed E-state index contributed by atoms with van der Waals surface area (Å²) < 4.78 is 1.38. The van der Waals surface area contributed by atoms with Crippen LogP contribution < -0.4 is 16.8 Å². The quantitative estimate of drug-likeness (QED) is 0.543. The molecule has 9 nitrogen and oxygen atoms in total. The largest absolute Gasteiger partial charge is 0.478 e. The Hall–Kier alpha value is -4.14. The SMILES string of the molecule is NC(=O)Nc1cn(-c2ccc(-c3cccc(C(=O)O)c3)cc2)nc1C(N)=O. The Labute approximate surface area is 153 Å². The molecule has 3 aromatic rings. The lowest BCUT2D eigenvalue weighted by atomic mass is 10.0. The molecule has 0 atom stereocenters. The molecule has 2 aromatic carbocycles. The summed E-state index contributed by atoms with van der Waals surface area (Å²) in [7, 11) is 0. The van der Waals surface area contributed by atoms with Gasteiger partial charge in [0, 0.05) is 0 Å². The number of primary amides is 2. The first-order chi connectivity index (χ1) is 12.8. The number of aromatic carboxylic acids is 1. The number of hydrogen-bond acceptors (Lipinski definition) is 4. The number of amides is 3. The molecule has 0 saturated heterocycles. The van der Waals surface area contributed by atoms with Gasteiger partial charge in [0.25, 0.3) is 5.91 Å². The monoisotopic (exact) mass is 365 g/mol. The first kappa shape index (κ1) is 17.7. The standard InChI is InChI=1S/C18H15N5O4/c19-16(24)15-14(21-18(20)27)9-23(22-15)13-6-4-10(5-7-13)11-2-1-3-12(8-11)17(25)26/h1-9H,(H2,19,24)(H,25,26)(H3,20,21,27). The smallest absolute Gasteiger partial charge is 0.335 e. The molecule has 0 aliphatic rings. The highest BCUT2D eigenvalue weighted by molar-refractivity contribution is 6.00. The van der Waals surface area contributed by atoms with Gasteiger partial charge in [-0.2, -0.15) is 5.10 Å². The topological polar surface area (TPSA) is 153 Å². The summed E-state index contributed by atoms with van der Waals surface area (Å²) in [5.74, 6) is -1.81. The Kier molecular flexibility index (Phi) is 4.58. The van der Waals surface area contributed by atoms with E-state index in [1.165, 1.54) is 16.9 Å². The molecule has 0 saturated carbocycles. The van der Waals surface area contributed by atoms with Crippen LogP contribution in [0.3, 0.4) is 0 Å². The zero-order chi connectivity index (χ0) is 19.6. The molecular weight excluding hydrogens is 350 g/mol. The Morgan fingerprint density at radius 1 is 1.00 bits per heavy atom. The third-order valence-electron chi connectivity index (χ3n) is 3.78. The molecular formula is C18H15N5O4. The maximum atomic E-state index is 11.5. The van der Waals surface area contributed by atoms with Crippen molar-refractivity contribution in [1.29, 1.82) is 0 Å². The molecule has 0 spiro atoms. The van der Waals surface area contributed by atoms with Crippen LogP contribution in [0.15, 0.2) is 54.7 Å². The zero-order valence-corrected chi connectivity index (χ0v) is 13.9. The van der Waals surface area contributed by atoms with Crippen LogP contribution >= 0.6 is 0 Å². The van der Waals surface area contributed by atoms with E-state index in [0.717, 1.165) is 11.1 Å². The summed E-state index contributed by atoms with van der Waals surface area (Å²) in [6, 6.07) is 12.7. The van der Waals surface area contributed by atoms with E-state index in [2.05, 4.69) is 10.4 Å². The van der Waals surface area contributed by atoms with Crippen molar-refractivity contribution in [2.75, 3.05) is 5.32 Å². The number of hydrogen-bond donors (Lipinski definition) is 4. The van der Waals surface area contributed by atoms with Gasteiger partial charge in [0.05, 0.1) is 23.1 Å². The van der Waals surface area contributed by atoms with E-state index in [0.29, 0.717) is 5.69 Å². The Morgan fingerprint density at radius 2 is 1.70 bits per heavy atom. The van der Waals surface area contributed by atoms with E-state index >= 15 is 0 Å². The van der Waals surface area contributed by atoms with Crippen molar-refractivity contribution in [3.63, 3.8) is 0 Å². The first-order valence-electron chi connectivity index (χ1n) is 7.75. The number of benzene rings is 2. The van der Waals surface area contributed by atoms with Crippen molar-refractivity contribution in [3.05, 3.63) is 66.0 Å². The molecule has 27 heavy (non-hydrogen) atoms. The molecule has 0 radical (unpaired) electrons. The minimum absolute atomic E-state index is 0.105. The van der Waals surface area contributed by atoms with E-state index in [1.54, 1.807) is 42.5 Å². The molecule has 0 fully saturated rings. The van der Waals surface area contributed by atoms with Crippen LogP contribution in [-0.4, -0.2) is 32.8 Å². The van der Waals surface area contributed by atoms with E-state index in [9.17, 15) is 14.4 Å². The second-order valence-corrected chi connectivity index (χ2v) is 5.62. The first-order valence-corrected chi connectivity index (χ1v) is 7.75. The summed E-state index contributed by atoms with van der Waals surface area (Å²) in [5, 5.41) is 15.5. The summed E-state index contributed by atoms with van der Waals surface area (Å²) in [5.41, 5.74) is 12.7. The molecule has 0 aliphatic carbocycles. The minimum atomic E-state index is -1.00. The lowest BCUT2D eigenvalue weighted by Crippen LogP contribution is -2.22. The summed E-state index contributed by atoms with van der Waals surface area (Å²) in [6.45, 7) is 0. The average Bonchev–Trinajstić information content (AvgIpc) is 3.05. The van der Waals surface area contributed by atoms with Gasteiger partial charge in [-0.3, -0.25) is 4.79 Å². The molecule has 6 N–H and O–H groups in total. The predicted octanol–water partition coefficient (Wildman–Crippen LogP) is 1.83. The number of nitrogens with one attached hydrogen (secondary N) is 1. The van der Waals surface area contributed by atoms with E-state index in [1.807, 2.05) is 0 Å². The fourth-order valence-corrected chi connectivity index (χ4v) is 2.55. The highest BCUT2D eigenvalue weighted by Crippen LogP contribution is 2.23. The van der Waals surface area contributed by atoms with Gasteiger partial charge in [-0.25, -0.2) is 14.3 Å². The number of urea groups is 1. The highest BCUT2D eigenvalue weighted by atomic mass is 16.4. The van der Waals surface area contributed by atoms with Crippen molar-refractivity contribution in [3.8, 4) is 16.8 Å². The van der Waals surface area contributed by atoms with Gasteiger partial charge in [-0.15, -0.1) is 0 Å². The molecule has 3 amide bonds. The van der Waals surface area contributed by atoms with Crippen LogP contribution in [-0.2, 0) is 0 Å². The summed E-state index contributed by atoms with van der Waals surface area (Å²) in [4.78, 5) is 33.6. The molecule has 1 heterocycles. The maximum Gasteiger partial charge on any atom is 0.335 e. The molecule has 9 heteroatoms. The fourth-order valence-electron chi connectivity index (χ4n) is 2.55. The van der Waals surface area contributed by atoms with Crippen LogP contribution in [0.25, 0.3) is 16.8 Å². The fraction of sp³-hybridized carbons (Fsp3) is 0. The van der Waals surface area contributed by atoms with Gasteiger partial charge in [-0.1, -0.05) is 24.3 Å². The molecule has 136 valence electrons. The van der Waals surface area contributed by atoms with Gasteiger partial charge in [0.15, 0.2) is 5.69 Å². The van der Waals surface area contributed by atoms with E-state index in [-0.39, 0.29) is 16.9 Å². The average molecular weight is 365 g/mol. The van der Waals surface area contributed by atoms with Crippen LogP contribution in [0, 0.1) is 0 Å². The number of aromatic nitrogens is 2. The van der Waals surface area contributed by atoms with Crippen molar-refractivity contribution >= 4 is 23.6 Å². The van der Waals surface area contributed by atoms with Crippen LogP contribution in [0.2, 0.25) is 0 Å². The number of anilines is 1. The third-order valence-corrected chi connectivity index (χ3v) is 3.78. The van der Waals surface area contributed by atoms with Crippen molar-refractivity contribution < 1.29 is 19.5 Å². The molecule has 3 rings (SSSR count). The van der Waals surface area contributed by atoms with Gasteiger partial charge >= 0.3 is 12.0 Å². The lowest BCUT2D eigenvalue weighted by molar-refractivity contribution is 0.0696. The van der Waals surface area contributed by atoms with Gasteiger partial charge in [-0.05, 0) is 35.4 Å². The van der Waals surface area contributed by atoms with Crippen LogP contribution in [0.1, 0.15) is 20.8 Å². The number of carboxylic acids is 1. The summed E-state index contributed by atoms with van der Waals surface area (Å²) in [6.07, 6.45) is 1.42. The lowest BCUT2D eigenvalue weighted by Gasteiger charge is -2.06. The van der Waals surface area contributed by atoms with Crippen molar-refractivity contribution in [2.45, 2.75) is 0 Å². The third kappa shape index (κ3) is 3.76. The molecule has 0 bridgehead atoms. The Bertz CT molecular complexity index is 1040. The van der Waals surface area contributed by atoms with Gasteiger partial charge in [0.2, 0.25) is 0 Å². The van der Waals surface area contributed by atoms with Crippen molar-refractivity contribution in [1.82, 2.24) is 9.78 Å². The summed E-state index contributed by atoms with van der Waals surface area (Å²) >= 11 is 0. The van der Waals surface area contributed by atoms with E-state index in [4.69, 9.17) is 16.6 Å². The maximum absolute atomic E-state index is 11.5. The second kappa shape index (κ2) is 7.00.